The maximum Gasteiger partial charge on any atom is 0.136 e. The summed E-state index contributed by atoms with van der Waals surface area (Å²) in [7, 11) is 0. The van der Waals surface area contributed by atoms with E-state index >= 15 is 0 Å². The van der Waals surface area contributed by atoms with Gasteiger partial charge in [-0.05, 0) is 57.0 Å². The van der Waals surface area contributed by atoms with Crippen LogP contribution in [0.2, 0.25) is 0 Å². The summed E-state index contributed by atoms with van der Waals surface area (Å²) in [4.78, 5) is 16.6. The van der Waals surface area contributed by atoms with Crippen LogP contribution < -0.4 is 15.1 Å². The molecule has 6 nitrogen and oxygen atoms in total. The maximum absolute atomic E-state index is 4.67. The average molecular weight is 381 g/mol. The number of nitrogens with zero attached hydrogens (tertiary/aromatic N) is 5. The highest BCUT2D eigenvalue weighted by Gasteiger charge is 2.18. The van der Waals surface area contributed by atoms with E-state index in [0.29, 0.717) is 0 Å². The van der Waals surface area contributed by atoms with Gasteiger partial charge in [0.25, 0.3) is 0 Å². The van der Waals surface area contributed by atoms with Crippen molar-refractivity contribution in [3.05, 3.63) is 36.2 Å². The molecule has 0 spiro atoms. The lowest BCUT2D eigenvalue weighted by atomic mass is 10.1. The highest BCUT2D eigenvalue weighted by atomic mass is 15.3. The summed E-state index contributed by atoms with van der Waals surface area (Å²) in [6.45, 7) is 11.9. The van der Waals surface area contributed by atoms with Crippen molar-refractivity contribution >= 4 is 23.0 Å². The third-order valence-electron chi connectivity index (χ3n) is 5.83. The second-order valence-electron chi connectivity index (χ2n) is 7.80. The summed E-state index contributed by atoms with van der Waals surface area (Å²) in [5.74, 6) is 2.70. The molecule has 4 rings (SSSR count). The Balaban J connectivity index is 1.43. The molecular weight excluding hydrogens is 348 g/mol. The van der Waals surface area contributed by atoms with Crippen LogP contribution in [0.5, 0.6) is 0 Å². The number of aryl methyl sites for hydroxylation is 1. The number of benzene rings is 1. The first-order valence-corrected chi connectivity index (χ1v) is 10.7. The number of piperidine rings is 1. The summed E-state index contributed by atoms with van der Waals surface area (Å²) in [5, 5.41) is 3.47. The van der Waals surface area contributed by atoms with E-state index in [9.17, 15) is 0 Å². The summed E-state index contributed by atoms with van der Waals surface area (Å²) in [5.41, 5.74) is 2.39. The van der Waals surface area contributed by atoms with Gasteiger partial charge in [0.05, 0.1) is 0 Å². The topological polar surface area (TPSA) is 47.5 Å². The summed E-state index contributed by atoms with van der Waals surface area (Å²) < 4.78 is 0. The molecule has 1 aromatic carbocycles. The van der Waals surface area contributed by atoms with Gasteiger partial charge in [0, 0.05) is 56.7 Å². The molecule has 1 N–H and O–H groups in total. The van der Waals surface area contributed by atoms with E-state index < -0.39 is 0 Å². The average Bonchev–Trinajstić information content (AvgIpc) is 2.74. The number of piperazine rings is 1. The molecule has 150 valence electrons. The van der Waals surface area contributed by atoms with Crippen LogP contribution in [0.3, 0.4) is 0 Å². The van der Waals surface area contributed by atoms with E-state index in [1.54, 1.807) is 0 Å². The predicted octanol–water partition coefficient (Wildman–Crippen LogP) is 3.66. The Morgan fingerprint density at radius 1 is 0.857 bits per heavy atom. The smallest absolute Gasteiger partial charge is 0.136 e. The molecule has 2 aromatic rings. The fourth-order valence-electron chi connectivity index (χ4n) is 4.13. The Labute approximate surface area is 168 Å². The Morgan fingerprint density at radius 3 is 2.25 bits per heavy atom. The SMILES string of the molecule is CCN1CCN(c2cc(Nc3ccc(N4CCCCC4)cc3)nc(C)n2)CC1. The molecule has 2 aliphatic heterocycles. The lowest BCUT2D eigenvalue weighted by Crippen LogP contribution is -2.46. The normalized spacial score (nSPS) is 18.4. The zero-order valence-electron chi connectivity index (χ0n) is 17.2. The molecule has 1 aromatic heterocycles. The van der Waals surface area contributed by atoms with E-state index in [1.165, 1.54) is 38.0 Å². The lowest BCUT2D eigenvalue weighted by molar-refractivity contribution is 0.270. The standard InChI is InChI=1S/C22H32N6/c1-3-26-13-15-28(16-14-26)22-17-21(23-18(2)24-22)25-19-7-9-20(10-8-19)27-11-5-4-6-12-27/h7-10,17H,3-6,11-16H2,1-2H3,(H,23,24,25). The Hall–Kier alpha value is -2.34. The first kappa shape index (κ1) is 19.0. The first-order chi connectivity index (χ1) is 13.7. The van der Waals surface area contributed by atoms with Crippen molar-refractivity contribution in [3.8, 4) is 0 Å². The van der Waals surface area contributed by atoms with Crippen LogP contribution in [-0.4, -0.2) is 60.7 Å². The lowest BCUT2D eigenvalue weighted by Gasteiger charge is -2.34. The third-order valence-corrected chi connectivity index (χ3v) is 5.83. The second kappa shape index (κ2) is 8.78. The Bertz CT molecular complexity index is 761. The van der Waals surface area contributed by atoms with Crippen LogP contribution in [-0.2, 0) is 0 Å². The molecule has 3 heterocycles. The van der Waals surface area contributed by atoms with Gasteiger partial charge in [0.2, 0.25) is 0 Å². The van der Waals surface area contributed by atoms with Gasteiger partial charge >= 0.3 is 0 Å². The number of hydrogen-bond acceptors (Lipinski definition) is 6. The van der Waals surface area contributed by atoms with Crippen molar-refractivity contribution in [3.63, 3.8) is 0 Å². The molecule has 2 aliphatic rings. The zero-order chi connectivity index (χ0) is 19.3. The molecule has 2 saturated heterocycles. The molecule has 28 heavy (non-hydrogen) atoms. The fourth-order valence-corrected chi connectivity index (χ4v) is 4.13. The molecule has 0 aliphatic carbocycles. The molecule has 6 heteroatoms. The third kappa shape index (κ3) is 4.55. The number of hydrogen-bond donors (Lipinski definition) is 1. The number of rotatable bonds is 5. The highest BCUT2D eigenvalue weighted by Crippen LogP contribution is 2.25. The minimum atomic E-state index is 0.808. The summed E-state index contributed by atoms with van der Waals surface area (Å²) >= 11 is 0. The van der Waals surface area contributed by atoms with Crippen molar-refractivity contribution in [1.29, 1.82) is 0 Å². The van der Waals surface area contributed by atoms with Crippen molar-refractivity contribution in [2.45, 2.75) is 33.1 Å². The van der Waals surface area contributed by atoms with E-state index in [4.69, 9.17) is 0 Å². The Morgan fingerprint density at radius 2 is 1.57 bits per heavy atom. The van der Waals surface area contributed by atoms with E-state index in [-0.39, 0.29) is 0 Å². The molecule has 2 fully saturated rings. The highest BCUT2D eigenvalue weighted by molar-refractivity contribution is 5.63. The van der Waals surface area contributed by atoms with Gasteiger partial charge in [-0.3, -0.25) is 0 Å². The first-order valence-electron chi connectivity index (χ1n) is 10.7. The van der Waals surface area contributed by atoms with Crippen LogP contribution in [0.1, 0.15) is 32.0 Å². The quantitative estimate of drug-likeness (QED) is 0.854. The van der Waals surface area contributed by atoms with Crippen molar-refractivity contribution in [1.82, 2.24) is 14.9 Å². The maximum atomic E-state index is 4.67. The second-order valence-corrected chi connectivity index (χ2v) is 7.80. The minimum Gasteiger partial charge on any atom is -0.372 e. The van der Waals surface area contributed by atoms with Gasteiger partial charge in [0.15, 0.2) is 0 Å². The van der Waals surface area contributed by atoms with Gasteiger partial charge in [-0.25, -0.2) is 9.97 Å². The number of aromatic nitrogens is 2. The molecule has 0 saturated carbocycles. The van der Waals surface area contributed by atoms with Crippen molar-refractivity contribution in [2.24, 2.45) is 0 Å². The van der Waals surface area contributed by atoms with Crippen LogP contribution in [0.25, 0.3) is 0 Å². The molecule has 0 radical (unpaired) electrons. The summed E-state index contributed by atoms with van der Waals surface area (Å²) in [6.07, 6.45) is 3.96. The van der Waals surface area contributed by atoms with Crippen molar-refractivity contribution in [2.75, 3.05) is 60.9 Å². The zero-order valence-corrected chi connectivity index (χ0v) is 17.2. The largest absolute Gasteiger partial charge is 0.372 e. The predicted molar refractivity (Wildman–Crippen MR) is 117 cm³/mol. The van der Waals surface area contributed by atoms with Crippen LogP contribution in [0.15, 0.2) is 30.3 Å². The van der Waals surface area contributed by atoms with Gasteiger partial charge in [-0.15, -0.1) is 0 Å². The van der Waals surface area contributed by atoms with E-state index in [1.807, 2.05) is 6.92 Å². The monoisotopic (exact) mass is 380 g/mol. The fraction of sp³-hybridized carbons (Fsp3) is 0.545. The van der Waals surface area contributed by atoms with Crippen molar-refractivity contribution < 1.29 is 0 Å². The molecule has 0 amide bonds. The molecule has 0 atom stereocenters. The van der Waals surface area contributed by atoms with Crippen LogP contribution >= 0.6 is 0 Å². The molecular formula is C22H32N6. The van der Waals surface area contributed by atoms with Crippen LogP contribution in [0, 0.1) is 6.92 Å². The molecule has 0 bridgehead atoms. The van der Waals surface area contributed by atoms with Gasteiger partial charge in [-0.1, -0.05) is 6.92 Å². The van der Waals surface area contributed by atoms with Gasteiger partial charge in [0.1, 0.15) is 17.5 Å². The Kier molecular flexibility index (Phi) is 5.95. The molecule has 0 unspecified atom stereocenters. The van der Waals surface area contributed by atoms with Gasteiger partial charge < -0.3 is 20.0 Å². The minimum absolute atomic E-state index is 0.808. The van der Waals surface area contributed by atoms with Crippen LogP contribution in [0.4, 0.5) is 23.0 Å². The van der Waals surface area contributed by atoms with E-state index in [0.717, 1.165) is 55.9 Å². The summed E-state index contributed by atoms with van der Waals surface area (Å²) in [6, 6.07) is 10.8. The number of likely N-dealkylation sites (N-methyl/N-ethyl adjacent to an activating group) is 1. The number of anilines is 4. The van der Waals surface area contributed by atoms with Gasteiger partial charge in [-0.2, -0.15) is 0 Å². The van der Waals surface area contributed by atoms with E-state index in [2.05, 4.69) is 67.2 Å². The number of nitrogens with one attached hydrogen (secondary N) is 1.